The largest absolute Gasteiger partial charge is 0.465 e. The van der Waals surface area contributed by atoms with E-state index in [1.165, 1.54) is 16.7 Å². The third-order valence-electron chi connectivity index (χ3n) is 2.12. The van der Waals surface area contributed by atoms with Gasteiger partial charge in [-0.25, -0.2) is 4.79 Å². The molecule has 0 fully saturated rings. The lowest BCUT2D eigenvalue weighted by molar-refractivity contribution is 0.0601. The third-order valence-corrected chi connectivity index (χ3v) is 4.21. The Kier molecular flexibility index (Phi) is 3.07. The van der Waals surface area contributed by atoms with Gasteiger partial charge in [0, 0.05) is 14.9 Å². The fourth-order valence-corrected chi connectivity index (χ4v) is 2.81. The number of carbonyl (C=O) groups excluding carboxylic acids is 1. The van der Waals surface area contributed by atoms with Crippen LogP contribution < -0.4 is 0 Å². The molecule has 0 aliphatic heterocycles. The van der Waals surface area contributed by atoms with E-state index in [1.807, 2.05) is 12.1 Å². The van der Waals surface area contributed by atoms with Crippen LogP contribution in [0.5, 0.6) is 0 Å². The van der Waals surface area contributed by atoms with Gasteiger partial charge in [0.25, 0.3) is 0 Å². The van der Waals surface area contributed by atoms with Crippen LogP contribution in [-0.4, -0.2) is 13.1 Å². The zero-order valence-corrected chi connectivity index (χ0v) is 10.5. The highest BCUT2D eigenvalue weighted by atomic mass is 79.9. The van der Waals surface area contributed by atoms with Crippen molar-refractivity contribution in [1.82, 2.24) is 0 Å². The molecule has 0 saturated carbocycles. The van der Waals surface area contributed by atoms with E-state index < -0.39 is 0 Å². The van der Waals surface area contributed by atoms with Crippen LogP contribution in [0.4, 0.5) is 0 Å². The number of methoxy groups -OCH3 is 1. The van der Waals surface area contributed by atoms with Crippen molar-refractivity contribution < 1.29 is 9.53 Å². The van der Waals surface area contributed by atoms with E-state index in [9.17, 15) is 4.79 Å². The van der Waals surface area contributed by atoms with E-state index in [0.717, 1.165) is 10.7 Å². The van der Waals surface area contributed by atoms with Crippen LogP contribution >= 0.6 is 27.3 Å². The first kappa shape index (κ1) is 10.6. The first-order valence-corrected chi connectivity index (χ1v) is 6.35. The van der Waals surface area contributed by atoms with Gasteiger partial charge in [0.15, 0.2) is 0 Å². The Balaban J connectivity index is 2.50. The predicted molar refractivity (Wildman–Crippen MR) is 65.8 cm³/mol. The number of carbonyl (C=O) groups is 1. The maximum Gasteiger partial charge on any atom is 0.337 e. The van der Waals surface area contributed by atoms with Gasteiger partial charge >= 0.3 is 5.97 Å². The average Bonchev–Trinajstić information content (AvgIpc) is 2.69. The normalized spacial score (nSPS) is 10.5. The summed E-state index contributed by atoms with van der Waals surface area (Å²) in [4.78, 5) is 12.6. The molecule has 0 spiro atoms. The Bertz CT molecular complexity index is 504. The van der Waals surface area contributed by atoms with E-state index in [2.05, 4.69) is 26.7 Å². The van der Waals surface area contributed by atoms with Crippen molar-refractivity contribution in [1.29, 1.82) is 0 Å². The molecule has 0 atom stereocenters. The molecule has 4 heteroatoms. The Morgan fingerprint density at radius 3 is 2.93 bits per heavy atom. The summed E-state index contributed by atoms with van der Waals surface area (Å²) in [6, 6.07) is 7.70. The minimum absolute atomic E-state index is 0.288. The molecule has 0 saturated heterocycles. The second-order valence-corrected chi connectivity index (χ2v) is 4.82. The highest BCUT2D eigenvalue weighted by Gasteiger charge is 2.07. The molecule has 0 bridgehead atoms. The van der Waals surface area contributed by atoms with Crippen molar-refractivity contribution in [3.8, 4) is 0 Å². The Morgan fingerprint density at radius 1 is 1.47 bits per heavy atom. The van der Waals surface area contributed by atoms with Gasteiger partial charge in [-0.2, -0.15) is 0 Å². The smallest absolute Gasteiger partial charge is 0.337 e. The van der Waals surface area contributed by atoms with E-state index in [0.29, 0.717) is 5.56 Å². The topological polar surface area (TPSA) is 26.3 Å². The molecule has 1 heterocycles. The lowest BCUT2D eigenvalue weighted by Gasteiger charge is -1.97. The molecule has 2 aromatic rings. The van der Waals surface area contributed by atoms with E-state index in [-0.39, 0.29) is 5.97 Å². The number of hydrogen-bond donors (Lipinski definition) is 0. The van der Waals surface area contributed by atoms with Crippen LogP contribution in [0.3, 0.4) is 0 Å². The maximum atomic E-state index is 11.3. The van der Waals surface area contributed by atoms with Crippen molar-refractivity contribution in [2.24, 2.45) is 0 Å². The summed E-state index contributed by atoms with van der Waals surface area (Å²) in [7, 11) is 1.39. The highest BCUT2D eigenvalue weighted by Crippen LogP contribution is 2.28. The van der Waals surface area contributed by atoms with Crippen LogP contribution in [0.1, 0.15) is 15.2 Å². The molecule has 0 aliphatic rings. The molecule has 15 heavy (non-hydrogen) atoms. The van der Waals surface area contributed by atoms with Crippen LogP contribution in [0.2, 0.25) is 0 Å². The Morgan fingerprint density at radius 2 is 2.27 bits per heavy atom. The molecule has 0 radical (unpaired) electrons. The molecule has 0 amide bonds. The predicted octanol–water partition coefficient (Wildman–Crippen LogP) is 3.58. The summed E-state index contributed by atoms with van der Waals surface area (Å²) in [6.45, 7) is 0. The number of benzene rings is 1. The first-order valence-electron chi connectivity index (χ1n) is 4.41. The summed E-state index contributed by atoms with van der Waals surface area (Å²) < 4.78 is 5.87. The van der Waals surface area contributed by atoms with Gasteiger partial charge in [0.1, 0.15) is 0 Å². The molecular weight excluding hydrogens is 276 g/mol. The minimum Gasteiger partial charge on any atom is -0.465 e. The summed E-state index contributed by atoms with van der Waals surface area (Å²) in [5.74, 6) is -0.288. The number of alkyl halides is 1. The SMILES string of the molecule is COC(=O)c1ccc2sc(CBr)cc2c1. The van der Waals surface area contributed by atoms with Crippen molar-refractivity contribution in [3.05, 3.63) is 34.7 Å². The molecule has 0 aliphatic carbocycles. The van der Waals surface area contributed by atoms with Crippen LogP contribution in [-0.2, 0) is 10.1 Å². The molecule has 78 valence electrons. The maximum absolute atomic E-state index is 11.3. The standard InChI is InChI=1S/C11H9BrO2S/c1-14-11(13)7-2-3-10-8(4-7)5-9(6-12)15-10/h2-5H,6H2,1H3. The van der Waals surface area contributed by atoms with E-state index in [4.69, 9.17) is 0 Å². The second kappa shape index (κ2) is 4.33. The first-order chi connectivity index (χ1) is 7.24. The van der Waals surface area contributed by atoms with Gasteiger partial charge < -0.3 is 4.74 Å². The van der Waals surface area contributed by atoms with E-state index >= 15 is 0 Å². The quantitative estimate of drug-likeness (QED) is 0.622. The van der Waals surface area contributed by atoms with Gasteiger partial charge in [-0.15, -0.1) is 11.3 Å². The van der Waals surface area contributed by atoms with Crippen LogP contribution in [0.15, 0.2) is 24.3 Å². The average molecular weight is 285 g/mol. The summed E-state index contributed by atoms with van der Waals surface area (Å²) in [5.41, 5.74) is 0.601. The third kappa shape index (κ3) is 2.06. The number of thiophene rings is 1. The lowest BCUT2D eigenvalue weighted by Crippen LogP contribution is -1.99. The minimum atomic E-state index is -0.288. The molecule has 0 N–H and O–H groups in total. The number of rotatable bonds is 2. The highest BCUT2D eigenvalue weighted by molar-refractivity contribution is 9.08. The van der Waals surface area contributed by atoms with Gasteiger partial charge in [-0.3, -0.25) is 0 Å². The van der Waals surface area contributed by atoms with Gasteiger partial charge in [0.2, 0.25) is 0 Å². The zero-order valence-electron chi connectivity index (χ0n) is 8.12. The number of hydrogen-bond acceptors (Lipinski definition) is 3. The zero-order chi connectivity index (χ0) is 10.8. The van der Waals surface area contributed by atoms with Crippen molar-refractivity contribution in [3.63, 3.8) is 0 Å². The molecular formula is C11H9BrO2S. The molecule has 2 nitrogen and oxygen atoms in total. The second-order valence-electron chi connectivity index (χ2n) is 3.09. The number of ether oxygens (including phenoxy) is 1. The summed E-state index contributed by atoms with van der Waals surface area (Å²) >= 11 is 5.14. The fraction of sp³-hybridized carbons (Fsp3) is 0.182. The lowest BCUT2D eigenvalue weighted by atomic mass is 10.1. The number of fused-ring (bicyclic) bond motifs is 1. The number of halogens is 1. The van der Waals surface area contributed by atoms with Crippen LogP contribution in [0.25, 0.3) is 10.1 Å². The molecule has 2 rings (SSSR count). The fourth-order valence-electron chi connectivity index (χ4n) is 1.41. The van der Waals surface area contributed by atoms with Gasteiger partial charge in [-0.1, -0.05) is 15.9 Å². The van der Waals surface area contributed by atoms with Gasteiger partial charge in [0.05, 0.1) is 12.7 Å². The molecule has 0 unspecified atom stereocenters. The Hall–Kier alpha value is -0.870. The molecule has 1 aromatic carbocycles. The van der Waals surface area contributed by atoms with Crippen molar-refractivity contribution >= 4 is 43.3 Å². The van der Waals surface area contributed by atoms with Crippen molar-refractivity contribution in [2.75, 3.05) is 7.11 Å². The van der Waals surface area contributed by atoms with Crippen molar-refractivity contribution in [2.45, 2.75) is 5.33 Å². The molecule has 1 aromatic heterocycles. The van der Waals surface area contributed by atoms with Crippen LogP contribution in [0, 0.1) is 0 Å². The summed E-state index contributed by atoms with van der Waals surface area (Å²) in [6.07, 6.45) is 0. The van der Waals surface area contributed by atoms with Gasteiger partial charge in [-0.05, 0) is 29.7 Å². The number of esters is 1. The monoisotopic (exact) mass is 284 g/mol. The summed E-state index contributed by atoms with van der Waals surface area (Å²) in [5, 5.41) is 1.94. The Labute approximate surface area is 100.0 Å². The van der Waals surface area contributed by atoms with E-state index in [1.54, 1.807) is 17.4 Å².